The molecule has 0 bridgehead atoms. The van der Waals surface area contributed by atoms with Crippen molar-refractivity contribution < 1.29 is 23.8 Å². The van der Waals surface area contributed by atoms with Crippen LogP contribution in [0.15, 0.2) is 46.9 Å². The average Bonchev–Trinajstić information content (AvgIpc) is 2.65. The molecule has 132 valence electrons. The van der Waals surface area contributed by atoms with Crippen LogP contribution in [0.25, 0.3) is 0 Å². The van der Waals surface area contributed by atoms with Crippen LogP contribution in [0.2, 0.25) is 0 Å². The van der Waals surface area contributed by atoms with E-state index in [1.165, 1.54) is 20.3 Å². The van der Waals surface area contributed by atoms with Gasteiger partial charge in [0.25, 0.3) is 5.91 Å². The van der Waals surface area contributed by atoms with Gasteiger partial charge in [0.1, 0.15) is 17.1 Å². The van der Waals surface area contributed by atoms with Gasteiger partial charge >= 0.3 is 5.97 Å². The molecule has 1 amide bonds. The second-order valence-electron chi connectivity index (χ2n) is 5.05. The molecule has 0 spiro atoms. The molecule has 2 aromatic carbocycles. The highest BCUT2D eigenvalue weighted by Crippen LogP contribution is 2.25. The Kier molecular flexibility index (Phi) is 6.82. The Morgan fingerprint density at radius 2 is 1.76 bits per heavy atom. The molecule has 1 N–H and O–H groups in total. The Labute approximate surface area is 154 Å². The number of hydrogen-bond acceptors (Lipinski definition) is 5. The maximum absolute atomic E-state index is 12.1. The SMILES string of the molecule is COc1ccc(C(=O)OCC(=O)NCc2ccc(Br)cc2)c(OC)c1. The third-order valence-electron chi connectivity index (χ3n) is 3.37. The largest absolute Gasteiger partial charge is 0.497 e. The van der Waals surface area contributed by atoms with Crippen molar-refractivity contribution in [2.75, 3.05) is 20.8 Å². The topological polar surface area (TPSA) is 73.9 Å². The van der Waals surface area contributed by atoms with Crippen LogP contribution in [0.5, 0.6) is 11.5 Å². The molecule has 0 atom stereocenters. The zero-order valence-electron chi connectivity index (χ0n) is 13.9. The first-order valence-corrected chi connectivity index (χ1v) is 8.23. The van der Waals surface area contributed by atoms with Crippen molar-refractivity contribution in [3.63, 3.8) is 0 Å². The van der Waals surface area contributed by atoms with E-state index in [1.807, 2.05) is 24.3 Å². The molecular weight excluding hydrogens is 390 g/mol. The zero-order chi connectivity index (χ0) is 18.2. The number of hydrogen-bond donors (Lipinski definition) is 1. The molecule has 0 saturated heterocycles. The van der Waals surface area contributed by atoms with Crippen molar-refractivity contribution in [2.24, 2.45) is 0 Å². The van der Waals surface area contributed by atoms with Gasteiger partial charge in [-0.1, -0.05) is 28.1 Å². The minimum atomic E-state index is -0.640. The molecule has 0 aromatic heterocycles. The molecule has 0 radical (unpaired) electrons. The number of rotatable bonds is 7. The molecule has 6 nitrogen and oxygen atoms in total. The van der Waals surface area contributed by atoms with Gasteiger partial charge in [-0.05, 0) is 29.8 Å². The van der Waals surface area contributed by atoms with E-state index in [0.717, 1.165) is 10.0 Å². The van der Waals surface area contributed by atoms with Gasteiger partial charge in [-0.2, -0.15) is 0 Å². The van der Waals surface area contributed by atoms with Crippen LogP contribution in [0.4, 0.5) is 0 Å². The average molecular weight is 408 g/mol. The van der Waals surface area contributed by atoms with Crippen LogP contribution in [-0.2, 0) is 16.1 Å². The summed E-state index contributed by atoms with van der Waals surface area (Å²) in [5.74, 6) is -0.151. The highest BCUT2D eigenvalue weighted by atomic mass is 79.9. The Morgan fingerprint density at radius 3 is 2.40 bits per heavy atom. The third kappa shape index (κ3) is 5.49. The molecule has 0 aliphatic rings. The van der Waals surface area contributed by atoms with Gasteiger partial charge in [0.2, 0.25) is 0 Å². The Bertz CT molecular complexity index is 746. The molecule has 7 heteroatoms. The zero-order valence-corrected chi connectivity index (χ0v) is 15.5. The summed E-state index contributed by atoms with van der Waals surface area (Å²) < 4.78 is 16.2. The molecule has 2 rings (SSSR count). The summed E-state index contributed by atoms with van der Waals surface area (Å²) in [5, 5.41) is 2.69. The standard InChI is InChI=1S/C18H18BrNO5/c1-23-14-7-8-15(16(9-14)24-2)18(22)25-11-17(21)20-10-12-3-5-13(19)6-4-12/h3-9H,10-11H2,1-2H3,(H,20,21). The number of halogens is 1. The summed E-state index contributed by atoms with van der Waals surface area (Å²) in [6.45, 7) is -0.0138. The summed E-state index contributed by atoms with van der Waals surface area (Å²) in [4.78, 5) is 23.9. The molecule has 0 aliphatic heterocycles. The van der Waals surface area contributed by atoms with Crippen LogP contribution >= 0.6 is 15.9 Å². The van der Waals surface area contributed by atoms with Crippen LogP contribution in [-0.4, -0.2) is 32.7 Å². The minimum absolute atomic E-state index is 0.226. The lowest BCUT2D eigenvalue weighted by atomic mass is 10.2. The Morgan fingerprint density at radius 1 is 1.04 bits per heavy atom. The Balaban J connectivity index is 1.86. The van der Waals surface area contributed by atoms with Crippen molar-refractivity contribution in [1.82, 2.24) is 5.32 Å². The molecule has 0 unspecified atom stereocenters. The van der Waals surface area contributed by atoms with Crippen LogP contribution < -0.4 is 14.8 Å². The van der Waals surface area contributed by atoms with Crippen LogP contribution in [0.3, 0.4) is 0 Å². The first-order chi connectivity index (χ1) is 12.0. The second-order valence-corrected chi connectivity index (χ2v) is 5.96. The van der Waals surface area contributed by atoms with E-state index in [-0.39, 0.29) is 18.1 Å². The number of amides is 1. The smallest absolute Gasteiger partial charge is 0.342 e. The normalized spacial score (nSPS) is 10.0. The summed E-state index contributed by atoms with van der Waals surface area (Å²) in [6.07, 6.45) is 0. The summed E-state index contributed by atoms with van der Waals surface area (Å²) >= 11 is 3.35. The predicted octanol–water partition coefficient (Wildman–Crippen LogP) is 2.94. The van der Waals surface area contributed by atoms with E-state index in [1.54, 1.807) is 12.1 Å². The van der Waals surface area contributed by atoms with Crippen molar-refractivity contribution in [3.05, 3.63) is 58.1 Å². The lowest BCUT2D eigenvalue weighted by Gasteiger charge is -2.10. The summed E-state index contributed by atoms with van der Waals surface area (Å²) in [6, 6.07) is 12.3. The van der Waals surface area contributed by atoms with E-state index in [9.17, 15) is 9.59 Å². The fraction of sp³-hybridized carbons (Fsp3) is 0.222. The van der Waals surface area contributed by atoms with Gasteiger partial charge in [-0.15, -0.1) is 0 Å². The Hall–Kier alpha value is -2.54. The second kappa shape index (κ2) is 9.08. The molecule has 0 saturated carbocycles. The van der Waals surface area contributed by atoms with Crippen LogP contribution in [0.1, 0.15) is 15.9 Å². The highest BCUT2D eigenvalue weighted by Gasteiger charge is 2.16. The van der Waals surface area contributed by atoms with Gasteiger partial charge < -0.3 is 19.5 Å². The molecular formula is C18H18BrNO5. The van der Waals surface area contributed by atoms with E-state index in [0.29, 0.717) is 18.0 Å². The number of carbonyl (C=O) groups excluding carboxylic acids is 2. The monoisotopic (exact) mass is 407 g/mol. The summed E-state index contributed by atoms with van der Waals surface area (Å²) in [7, 11) is 2.96. The maximum atomic E-state index is 12.1. The number of ether oxygens (including phenoxy) is 3. The number of carbonyl (C=O) groups is 2. The van der Waals surface area contributed by atoms with Gasteiger partial charge in [0.05, 0.1) is 14.2 Å². The third-order valence-corrected chi connectivity index (χ3v) is 3.89. The quantitative estimate of drug-likeness (QED) is 0.714. The molecule has 2 aromatic rings. The number of nitrogens with one attached hydrogen (secondary N) is 1. The van der Waals surface area contributed by atoms with E-state index >= 15 is 0 Å². The van der Waals surface area contributed by atoms with Crippen molar-refractivity contribution in [1.29, 1.82) is 0 Å². The van der Waals surface area contributed by atoms with Crippen molar-refractivity contribution >= 4 is 27.8 Å². The fourth-order valence-electron chi connectivity index (χ4n) is 2.03. The van der Waals surface area contributed by atoms with Crippen molar-refractivity contribution in [2.45, 2.75) is 6.54 Å². The van der Waals surface area contributed by atoms with Gasteiger partial charge in [0, 0.05) is 17.1 Å². The highest BCUT2D eigenvalue weighted by molar-refractivity contribution is 9.10. The summed E-state index contributed by atoms with van der Waals surface area (Å²) in [5.41, 5.74) is 1.17. The lowest BCUT2D eigenvalue weighted by Crippen LogP contribution is -2.28. The van der Waals surface area contributed by atoms with Gasteiger partial charge in [-0.3, -0.25) is 4.79 Å². The van der Waals surface area contributed by atoms with Gasteiger partial charge in [-0.25, -0.2) is 4.79 Å². The molecule has 25 heavy (non-hydrogen) atoms. The van der Waals surface area contributed by atoms with E-state index < -0.39 is 5.97 Å². The molecule has 0 aliphatic carbocycles. The maximum Gasteiger partial charge on any atom is 0.342 e. The first-order valence-electron chi connectivity index (χ1n) is 7.43. The minimum Gasteiger partial charge on any atom is -0.497 e. The van der Waals surface area contributed by atoms with Crippen LogP contribution in [0, 0.1) is 0 Å². The van der Waals surface area contributed by atoms with Crippen molar-refractivity contribution in [3.8, 4) is 11.5 Å². The lowest BCUT2D eigenvalue weighted by molar-refractivity contribution is -0.124. The van der Waals surface area contributed by atoms with E-state index in [4.69, 9.17) is 14.2 Å². The first kappa shape index (κ1) is 18.8. The number of esters is 1. The van der Waals surface area contributed by atoms with E-state index in [2.05, 4.69) is 21.2 Å². The number of benzene rings is 2. The molecule has 0 fully saturated rings. The van der Waals surface area contributed by atoms with Gasteiger partial charge in [0.15, 0.2) is 6.61 Å². The number of methoxy groups -OCH3 is 2. The molecule has 0 heterocycles. The predicted molar refractivity (Wildman–Crippen MR) is 95.8 cm³/mol. The fourth-order valence-corrected chi connectivity index (χ4v) is 2.29.